The Balaban J connectivity index is 1.92. The quantitative estimate of drug-likeness (QED) is 0.594. The Labute approximate surface area is 79.4 Å². The van der Waals surface area contributed by atoms with Crippen molar-refractivity contribution in [1.29, 1.82) is 0 Å². The molecule has 2 heterocycles. The van der Waals surface area contributed by atoms with Crippen molar-refractivity contribution < 1.29 is 8.95 Å². The van der Waals surface area contributed by atoms with Crippen molar-refractivity contribution in [1.82, 2.24) is 4.90 Å². The van der Waals surface area contributed by atoms with Gasteiger partial charge < -0.3 is 4.74 Å². The van der Waals surface area contributed by atoms with Gasteiger partial charge in [-0.25, -0.2) is 8.57 Å². The molecule has 0 aromatic heterocycles. The van der Waals surface area contributed by atoms with Gasteiger partial charge in [0.25, 0.3) is 0 Å². The maximum Gasteiger partial charge on any atom is 0.0645 e. The normalized spacial score (nSPS) is 29.6. The fourth-order valence-electron chi connectivity index (χ4n) is 1.72. The zero-order chi connectivity index (χ0) is 9.31. The van der Waals surface area contributed by atoms with Gasteiger partial charge in [0.2, 0.25) is 0 Å². The van der Waals surface area contributed by atoms with Crippen LogP contribution in [0.2, 0.25) is 0 Å². The van der Waals surface area contributed by atoms with Crippen LogP contribution in [0.1, 0.15) is 0 Å². The van der Waals surface area contributed by atoms with Crippen molar-refractivity contribution in [3.8, 4) is 0 Å². The number of rotatable bonds is 1. The maximum atomic E-state index is 11.8. The molecule has 2 rings (SSSR count). The fraction of sp³-hybridized carbons (Fsp3) is 1.00. The van der Waals surface area contributed by atoms with E-state index in [9.17, 15) is 4.21 Å². The number of nitrogens with zero attached hydrogens (tertiary/aromatic N) is 2. The SMILES string of the molecule is CN=S1(=O)CCN(C2COC2)CC1. The molecule has 0 N–H and O–H groups in total. The van der Waals surface area contributed by atoms with Gasteiger partial charge in [0, 0.05) is 41.4 Å². The third-order valence-electron chi connectivity index (χ3n) is 2.86. The Bertz CT molecular complexity index is 279. The lowest BCUT2D eigenvalue weighted by molar-refractivity contribution is -0.0618. The van der Waals surface area contributed by atoms with Crippen molar-refractivity contribution in [2.45, 2.75) is 6.04 Å². The van der Waals surface area contributed by atoms with Gasteiger partial charge in [0.1, 0.15) is 0 Å². The van der Waals surface area contributed by atoms with Gasteiger partial charge in [-0.1, -0.05) is 0 Å². The van der Waals surface area contributed by atoms with Crippen LogP contribution in [0, 0.1) is 0 Å². The van der Waals surface area contributed by atoms with Crippen LogP contribution in [-0.2, 0) is 14.5 Å². The van der Waals surface area contributed by atoms with E-state index in [2.05, 4.69) is 9.26 Å². The molecular formula is C8H16N2O2S. The minimum atomic E-state index is -1.84. The number of ether oxygens (including phenoxy) is 1. The van der Waals surface area contributed by atoms with Gasteiger partial charge in [0.05, 0.1) is 19.3 Å². The number of hydrogen-bond acceptors (Lipinski definition) is 4. The summed E-state index contributed by atoms with van der Waals surface area (Å²) in [5.41, 5.74) is 0. The van der Waals surface area contributed by atoms with Crippen molar-refractivity contribution in [2.75, 3.05) is 44.9 Å². The van der Waals surface area contributed by atoms with E-state index in [0.29, 0.717) is 6.04 Å². The first-order valence-electron chi connectivity index (χ1n) is 4.66. The van der Waals surface area contributed by atoms with Crippen LogP contribution in [0.15, 0.2) is 4.36 Å². The van der Waals surface area contributed by atoms with Crippen LogP contribution >= 0.6 is 0 Å². The molecule has 4 nitrogen and oxygen atoms in total. The smallest absolute Gasteiger partial charge is 0.0645 e. The topological polar surface area (TPSA) is 41.9 Å². The highest BCUT2D eigenvalue weighted by molar-refractivity contribution is 7.93. The van der Waals surface area contributed by atoms with E-state index in [4.69, 9.17) is 4.74 Å². The lowest BCUT2D eigenvalue weighted by Gasteiger charge is -2.39. The van der Waals surface area contributed by atoms with Crippen LogP contribution in [-0.4, -0.2) is 60.0 Å². The highest BCUT2D eigenvalue weighted by atomic mass is 32.2. The lowest BCUT2D eigenvalue weighted by Crippen LogP contribution is -2.54. The summed E-state index contributed by atoms with van der Waals surface area (Å²) in [6.45, 7) is 3.54. The molecule has 0 atom stereocenters. The summed E-state index contributed by atoms with van der Waals surface area (Å²) in [5, 5.41) is 0. The molecule has 0 amide bonds. The van der Waals surface area contributed by atoms with E-state index in [-0.39, 0.29) is 0 Å². The molecule has 0 aliphatic carbocycles. The van der Waals surface area contributed by atoms with Crippen molar-refractivity contribution in [3.05, 3.63) is 0 Å². The first kappa shape index (κ1) is 9.43. The third kappa shape index (κ3) is 1.87. The molecule has 0 aromatic rings. The average Bonchev–Trinajstić information content (AvgIpc) is 2.06. The van der Waals surface area contributed by atoms with Gasteiger partial charge in [-0.2, -0.15) is 0 Å². The molecule has 0 aromatic carbocycles. The Kier molecular flexibility index (Phi) is 2.58. The largest absolute Gasteiger partial charge is 0.378 e. The summed E-state index contributed by atoms with van der Waals surface area (Å²) in [6, 6.07) is 0.584. The van der Waals surface area contributed by atoms with E-state index >= 15 is 0 Å². The van der Waals surface area contributed by atoms with Crippen LogP contribution in [0.4, 0.5) is 0 Å². The Hall–Kier alpha value is -0.130. The zero-order valence-corrected chi connectivity index (χ0v) is 8.76. The fourth-order valence-corrected chi connectivity index (χ4v) is 3.32. The Morgan fingerprint density at radius 2 is 2.00 bits per heavy atom. The van der Waals surface area contributed by atoms with Crippen LogP contribution in [0.25, 0.3) is 0 Å². The lowest BCUT2D eigenvalue weighted by atomic mass is 10.2. The molecule has 0 unspecified atom stereocenters. The summed E-state index contributed by atoms with van der Waals surface area (Å²) < 4.78 is 20.9. The summed E-state index contributed by atoms with van der Waals surface area (Å²) in [4.78, 5) is 2.37. The van der Waals surface area contributed by atoms with Crippen molar-refractivity contribution in [3.63, 3.8) is 0 Å². The predicted octanol–water partition coefficient (Wildman–Crippen LogP) is -0.201. The minimum Gasteiger partial charge on any atom is -0.378 e. The molecular weight excluding hydrogens is 188 g/mol. The molecule has 0 spiro atoms. The van der Waals surface area contributed by atoms with Gasteiger partial charge in [-0.3, -0.25) is 4.90 Å². The minimum absolute atomic E-state index is 0.584. The summed E-state index contributed by atoms with van der Waals surface area (Å²) in [6.07, 6.45) is 0. The molecule has 2 fully saturated rings. The maximum absolute atomic E-state index is 11.8. The van der Waals surface area contributed by atoms with E-state index in [1.807, 2.05) is 0 Å². The summed E-state index contributed by atoms with van der Waals surface area (Å²) in [5.74, 6) is 1.47. The first-order valence-corrected chi connectivity index (χ1v) is 6.51. The molecule has 76 valence electrons. The monoisotopic (exact) mass is 204 g/mol. The van der Waals surface area contributed by atoms with Crippen molar-refractivity contribution in [2.24, 2.45) is 4.36 Å². The highest BCUT2D eigenvalue weighted by Gasteiger charge is 2.29. The molecule has 0 radical (unpaired) electrons. The molecule has 2 saturated heterocycles. The van der Waals surface area contributed by atoms with Gasteiger partial charge in [-0.15, -0.1) is 0 Å². The summed E-state index contributed by atoms with van der Waals surface area (Å²) >= 11 is 0. The van der Waals surface area contributed by atoms with Crippen molar-refractivity contribution >= 4 is 9.73 Å². The third-order valence-corrected chi connectivity index (χ3v) is 5.17. The molecule has 13 heavy (non-hydrogen) atoms. The van der Waals surface area contributed by atoms with Gasteiger partial charge in [0.15, 0.2) is 0 Å². The molecule has 2 aliphatic heterocycles. The second-order valence-electron chi connectivity index (χ2n) is 3.59. The molecule has 5 heteroatoms. The highest BCUT2D eigenvalue weighted by Crippen LogP contribution is 2.14. The second-order valence-corrected chi connectivity index (χ2v) is 6.32. The molecule has 0 bridgehead atoms. The number of hydrogen-bond donors (Lipinski definition) is 0. The second kappa shape index (κ2) is 3.55. The van der Waals surface area contributed by atoms with Crippen LogP contribution < -0.4 is 0 Å². The van der Waals surface area contributed by atoms with E-state index < -0.39 is 9.73 Å². The van der Waals surface area contributed by atoms with Gasteiger partial charge >= 0.3 is 0 Å². The van der Waals surface area contributed by atoms with E-state index in [1.54, 1.807) is 7.05 Å². The Morgan fingerprint density at radius 1 is 1.38 bits per heavy atom. The van der Waals surface area contributed by atoms with E-state index in [0.717, 1.165) is 37.8 Å². The van der Waals surface area contributed by atoms with Crippen LogP contribution in [0.5, 0.6) is 0 Å². The molecule has 0 saturated carbocycles. The van der Waals surface area contributed by atoms with Gasteiger partial charge in [-0.05, 0) is 0 Å². The van der Waals surface area contributed by atoms with Crippen LogP contribution in [0.3, 0.4) is 0 Å². The van der Waals surface area contributed by atoms with E-state index in [1.165, 1.54) is 0 Å². The Morgan fingerprint density at radius 3 is 2.38 bits per heavy atom. The summed E-state index contributed by atoms with van der Waals surface area (Å²) in [7, 11) is -0.165. The standard InChI is InChI=1S/C8H16N2O2S/c1-9-13(11)4-2-10(3-5-13)8-6-12-7-8/h8H,2-7H2,1H3. The molecule has 2 aliphatic rings. The first-order chi connectivity index (χ1) is 6.23. The zero-order valence-electron chi connectivity index (χ0n) is 7.94. The average molecular weight is 204 g/mol. The predicted molar refractivity (Wildman–Crippen MR) is 52.4 cm³/mol.